The van der Waals surface area contributed by atoms with Crippen LogP contribution in [-0.4, -0.2) is 57.5 Å². The molecule has 7 heteroatoms. The van der Waals surface area contributed by atoms with Crippen LogP contribution in [0.1, 0.15) is 0 Å². The third kappa shape index (κ3) is 3.12. The molecule has 3 heterocycles. The van der Waals surface area contributed by atoms with Gasteiger partial charge in [-0.25, -0.2) is 4.98 Å². The fraction of sp³-hybridized carbons (Fsp3) is 0.462. The Morgan fingerprint density at radius 1 is 1.10 bits per heavy atom. The van der Waals surface area contributed by atoms with E-state index in [9.17, 15) is 0 Å². The van der Waals surface area contributed by atoms with E-state index in [4.69, 9.17) is 10.5 Å². The van der Waals surface area contributed by atoms with Gasteiger partial charge in [0.15, 0.2) is 0 Å². The highest BCUT2D eigenvalue weighted by molar-refractivity contribution is 5.56. The summed E-state index contributed by atoms with van der Waals surface area (Å²) in [6, 6.07) is 0. The van der Waals surface area contributed by atoms with Crippen LogP contribution in [-0.2, 0) is 11.3 Å². The Bertz CT molecular complexity index is 546. The molecule has 0 saturated carbocycles. The van der Waals surface area contributed by atoms with E-state index in [0.717, 1.165) is 50.7 Å². The molecular weight excluding hydrogens is 256 g/mol. The second-order valence-corrected chi connectivity index (χ2v) is 4.77. The number of anilines is 1. The molecule has 0 amide bonds. The van der Waals surface area contributed by atoms with Gasteiger partial charge in [0.05, 0.1) is 44.0 Å². The Labute approximate surface area is 117 Å². The Morgan fingerprint density at radius 3 is 2.70 bits per heavy atom. The Balaban J connectivity index is 1.60. The molecule has 1 saturated heterocycles. The summed E-state index contributed by atoms with van der Waals surface area (Å²) in [7, 11) is 0. The number of ether oxygens (including phenoxy) is 1. The minimum Gasteiger partial charge on any atom is -0.382 e. The quantitative estimate of drug-likeness (QED) is 0.861. The maximum atomic E-state index is 5.53. The molecule has 106 valence electrons. The second kappa shape index (κ2) is 5.98. The zero-order valence-corrected chi connectivity index (χ0v) is 11.3. The molecule has 0 aliphatic carbocycles. The number of hydrogen-bond acceptors (Lipinski definition) is 6. The van der Waals surface area contributed by atoms with Crippen molar-refractivity contribution in [3.05, 3.63) is 24.8 Å². The van der Waals surface area contributed by atoms with Crippen LogP contribution in [0, 0.1) is 0 Å². The molecule has 20 heavy (non-hydrogen) atoms. The lowest BCUT2D eigenvalue weighted by atomic mass is 10.3. The van der Waals surface area contributed by atoms with Gasteiger partial charge in [0.25, 0.3) is 0 Å². The van der Waals surface area contributed by atoms with Crippen molar-refractivity contribution in [1.82, 2.24) is 24.6 Å². The van der Waals surface area contributed by atoms with E-state index in [0.29, 0.717) is 5.82 Å². The van der Waals surface area contributed by atoms with E-state index in [1.807, 2.05) is 10.9 Å². The molecule has 2 N–H and O–H groups in total. The number of morpholine rings is 1. The van der Waals surface area contributed by atoms with E-state index in [1.165, 1.54) is 0 Å². The highest BCUT2D eigenvalue weighted by Crippen LogP contribution is 2.14. The number of hydrogen-bond donors (Lipinski definition) is 1. The van der Waals surface area contributed by atoms with Gasteiger partial charge < -0.3 is 10.5 Å². The van der Waals surface area contributed by atoms with Crippen LogP contribution < -0.4 is 5.73 Å². The van der Waals surface area contributed by atoms with Crippen LogP contribution in [0.2, 0.25) is 0 Å². The maximum Gasteiger partial charge on any atom is 0.141 e. The van der Waals surface area contributed by atoms with Crippen molar-refractivity contribution in [2.45, 2.75) is 6.54 Å². The zero-order valence-electron chi connectivity index (χ0n) is 11.3. The predicted octanol–water partition coefficient (Wildman–Crippen LogP) is 0.254. The van der Waals surface area contributed by atoms with Crippen LogP contribution in [0.25, 0.3) is 11.3 Å². The van der Waals surface area contributed by atoms with E-state index in [-0.39, 0.29) is 0 Å². The van der Waals surface area contributed by atoms with Crippen molar-refractivity contribution in [1.29, 1.82) is 0 Å². The Kier molecular flexibility index (Phi) is 3.89. The van der Waals surface area contributed by atoms with Crippen molar-refractivity contribution in [2.24, 2.45) is 0 Å². The zero-order chi connectivity index (χ0) is 13.8. The smallest absolute Gasteiger partial charge is 0.141 e. The monoisotopic (exact) mass is 274 g/mol. The van der Waals surface area contributed by atoms with E-state index in [2.05, 4.69) is 20.0 Å². The summed E-state index contributed by atoms with van der Waals surface area (Å²) >= 11 is 0. The minimum atomic E-state index is 0.424. The SMILES string of the molecule is Nc1cnc(-c2cnn(CCN3CCOCC3)c2)cn1. The summed E-state index contributed by atoms with van der Waals surface area (Å²) < 4.78 is 7.27. The Hall–Kier alpha value is -1.99. The summed E-state index contributed by atoms with van der Waals surface area (Å²) in [5, 5.41) is 4.36. The number of nitrogens with zero attached hydrogens (tertiary/aromatic N) is 5. The first kappa shape index (κ1) is 13.0. The van der Waals surface area contributed by atoms with Gasteiger partial charge in [0.1, 0.15) is 5.82 Å². The molecule has 1 aliphatic heterocycles. The van der Waals surface area contributed by atoms with Crippen LogP contribution >= 0.6 is 0 Å². The van der Waals surface area contributed by atoms with Crippen LogP contribution in [0.4, 0.5) is 5.82 Å². The number of nitrogen functional groups attached to an aromatic ring is 1. The lowest BCUT2D eigenvalue weighted by Gasteiger charge is -2.26. The average molecular weight is 274 g/mol. The fourth-order valence-electron chi connectivity index (χ4n) is 2.17. The standard InChI is InChI=1S/C13H18N6O/c14-13-9-15-12(8-16-13)11-7-17-19(10-11)2-1-18-3-5-20-6-4-18/h7-10H,1-6H2,(H2,14,16). The first-order valence-corrected chi connectivity index (χ1v) is 6.72. The average Bonchev–Trinajstić information content (AvgIpc) is 2.96. The number of aromatic nitrogens is 4. The highest BCUT2D eigenvalue weighted by Gasteiger charge is 2.10. The largest absolute Gasteiger partial charge is 0.382 e. The van der Waals surface area contributed by atoms with Gasteiger partial charge in [-0.2, -0.15) is 5.10 Å². The van der Waals surface area contributed by atoms with Crippen molar-refractivity contribution in [3.63, 3.8) is 0 Å². The first-order valence-electron chi connectivity index (χ1n) is 6.72. The minimum absolute atomic E-state index is 0.424. The summed E-state index contributed by atoms with van der Waals surface area (Å²) in [5.41, 5.74) is 7.28. The summed E-state index contributed by atoms with van der Waals surface area (Å²) in [6.07, 6.45) is 7.01. The third-order valence-corrected chi connectivity index (χ3v) is 3.35. The molecule has 0 spiro atoms. The molecule has 1 fully saturated rings. The van der Waals surface area contributed by atoms with Crippen molar-refractivity contribution in [3.8, 4) is 11.3 Å². The normalized spacial score (nSPS) is 16.4. The van der Waals surface area contributed by atoms with Gasteiger partial charge in [-0.1, -0.05) is 0 Å². The molecule has 2 aromatic rings. The molecule has 7 nitrogen and oxygen atoms in total. The molecule has 2 aromatic heterocycles. The number of nitrogens with two attached hydrogens (primary N) is 1. The van der Waals surface area contributed by atoms with E-state index in [1.54, 1.807) is 18.6 Å². The number of rotatable bonds is 4. The second-order valence-electron chi connectivity index (χ2n) is 4.77. The molecule has 3 rings (SSSR count). The fourth-order valence-corrected chi connectivity index (χ4v) is 2.17. The van der Waals surface area contributed by atoms with Crippen molar-refractivity contribution >= 4 is 5.82 Å². The highest BCUT2D eigenvalue weighted by atomic mass is 16.5. The summed E-state index contributed by atoms with van der Waals surface area (Å²) in [5.74, 6) is 0.424. The first-order chi connectivity index (χ1) is 9.81. The van der Waals surface area contributed by atoms with Crippen molar-refractivity contribution < 1.29 is 4.74 Å². The summed E-state index contributed by atoms with van der Waals surface area (Å²) in [6.45, 7) is 5.49. The van der Waals surface area contributed by atoms with Gasteiger partial charge in [0.2, 0.25) is 0 Å². The lowest BCUT2D eigenvalue weighted by molar-refractivity contribution is 0.0360. The van der Waals surface area contributed by atoms with Gasteiger partial charge in [-0.05, 0) is 0 Å². The molecule has 0 unspecified atom stereocenters. The molecule has 0 bridgehead atoms. The molecule has 1 aliphatic rings. The van der Waals surface area contributed by atoms with Gasteiger partial charge in [-0.15, -0.1) is 0 Å². The van der Waals surface area contributed by atoms with Crippen molar-refractivity contribution in [2.75, 3.05) is 38.6 Å². The molecule has 0 radical (unpaired) electrons. The molecular formula is C13H18N6O. The molecule has 0 atom stereocenters. The summed E-state index contributed by atoms with van der Waals surface area (Å²) in [4.78, 5) is 10.7. The lowest BCUT2D eigenvalue weighted by Crippen LogP contribution is -2.38. The van der Waals surface area contributed by atoms with Gasteiger partial charge in [-0.3, -0.25) is 14.6 Å². The van der Waals surface area contributed by atoms with Crippen LogP contribution in [0.15, 0.2) is 24.8 Å². The van der Waals surface area contributed by atoms with Crippen LogP contribution in [0.5, 0.6) is 0 Å². The third-order valence-electron chi connectivity index (χ3n) is 3.35. The Morgan fingerprint density at radius 2 is 1.95 bits per heavy atom. The van der Waals surface area contributed by atoms with E-state index < -0.39 is 0 Å². The topological polar surface area (TPSA) is 82.1 Å². The molecule has 0 aromatic carbocycles. The maximum absolute atomic E-state index is 5.53. The van der Waals surface area contributed by atoms with Crippen LogP contribution in [0.3, 0.4) is 0 Å². The van der Waals surface area contributed by atoms with Gasteiger partial charge in [0, 0.05) is 31.4 Å². The van der Waals surface area contributed by atoms with E-state index >= 15 is 0 Å². The van der Waals surface area contributed by atoms with Gasteiger partial charge >= 0.3 is 0 Å². The predicted molar refractivity (Wildman–Crippen MR) is 74.9 cm³/mol.